The van der Waals surface area contributed by atoms with Gasteiger partial charge >= 0.3 is 0 Å². The first-order valence-corrected chi connectivity index (χ1v) is 7.62. The average molecular weight is 323 g/mol. The lowest BCUT2D eigenvalue weighted by Crippen LogP contribution is -2.43. The summed E-state index contributed by atoms with van der Waals surface area (Å²) in [5.41, 5.74) is 6.92. The molecule has 3 rings (SSSR count). The van der Waals surface area contributed by atoms with E-state index in [4.69, 9.17) is 0 Å². The third kappa shape index (κ3) is 3.24. The molecular weight excluding hydrogens is 306 g/mol. The third-order valence-corrected chi connectivity index (χ3v) is 3.59. The molecule has 0 saturated heterocycles. The Morgan fingerprint density at radius 2 is 1.96 bits per heavy atom. The molecule has 0 fully saturated rings. The van der Waals surface area contributed by atoms with Crippen molar-refractivity contribution in [2.75, 3.05) is 0 Å². The molecule has 2 N–H and O–H groups in total. The van der Waals surface area contributed by atoms with Gasteiger partial charge in [0.15, 0.2) is 0 Å². The van der Waals surface area contributed by atoms with E-state index in [1.165, 1.54) is 6.20 Å². The van der Waals surface area contributed by atoms with E-state index < -0.39 is 5.91 Å². The molecule has 2 amide bonds. The van der Waals surface area contributed by atoms with Crippen LogP contribution in [-0.4, -0.2) is 26.3 Å². The highest BCUT2D eigenvalue weighted by Gasteiger charge is 2.13. The number of amides is 2. The number of carbonyl (C=O) groups excluding carboxylic acids is 2. The fraction of sp³-hybridized carbons (Fsp3) is 0.176. The maximum Gasteiger partial charge on any atom is 0.271 e. The van der Waals surface area contributed by atoms with Gasteiger partial charge in [-0.25, -0.2) is 4.98 Å². The second-order valence-corrected chi connectivity index (χ2v) is 5.20. The van der Waals surface area contributed by atoms with Crippen LogP contribution in [0.5, 0.6) is 0 Å². The topological polar surface area (TPSA) is 88.9 Å². The van der Waals surface area contributed by atoms with Crippen LogP contribution in [0.4, 0.5) is 0 Å². The van der Waals surface area contributed by atoms with Crippen LogP contribution in [0.3, 0.4) is 0 Å². The van der Waals surface area contributed by atoms with Crippen molar-refractivity contribution >= 4 is 22.8 Å². The van der Waals surface area contributed by atoms with Crippen molar-refractivity contribution in [2.45, 2.75) is 19.9 Å². The number of fused-ring (bicyclic) bond motifs is 1. The zero-order chi connectivity index (χ0) is 16.9. The molecule has 0 aliphatic heterocycles. The highest BCUT2D eigenvalue weighted by Crippen LogP contribution is 2.16. The van der Waals surface area contributed by atoms with E-state index in [0.717, 1.165) is 16.9 Å². The zero-order valence-corrected chi connectivity index (χ0v) is 13.2. The first-order chi connectivity index (χ1) is 11.7. The molecule has 24 heavy (non-hydrogen) atoms. The molecule has 1 aromatic carbocycles. The monoisotopic (exact) mass is 323 g/mol. The molecule has 7 heteroatoms. The van der Waals surface area contributed by atoms with E-state index in [0.29, 0.717) is 12.0 Å². The van der Waals surface area contributed by atoms with Gasteiger partial charge in [-0.1, -0.05) is 19.1 Å². The number of hydrogen-bond acceptors (Lipinski definition) is 4. The Balaban J connectivity index is 1.68. The number of aromatic nitrogens is 3. The van der Waals surface area contributed by atoms with Crippen LogP contribution in [0.15, 0.2) is 48.8 Å². The minimum absolute atomic E-state index is 0.0804. The summed E-state index contributed by atoms with van der Waals surface area (Å²) in [5, 5.41) is 0. The Hall–Kier alpha value is -3.22. The Morgan fingerprint density at radius 1 is 1.12 bits per heavy atom. The van der Waals surface area contributed by atoms with Crippen molar-refractivity contribution in [3.8, 4) is 0 Å². The lowest BCUT2D eigenvalue weighted by atomic mass is 10.3. The van der Waals surface area contributed by atoms with Crippen molar-refractivity contribution in [1.29, 1.82) is 0 Å². The van der Waals surface area contributed by atoms with Gasteiger partial charge in [0.2, 0.25) is 0 Å². The lowest BCUT2D eigenvalue weighted by molar-refractivity contribution is -0.122. The molecule has 0 aliphatic carbocycles. The minimum atomic E-state index is -0.414. The molecule has 0 aliphatic rings. The van der Waals surface area contributed by atoms with Gasteiger partial charge in [-0.05, 0) is 24.3 Å². The van der Waals surface area contributed by atoms with Gasteiger partial charge in [0.05, 0.1) is 16.6 Å². The van der Waals surface area contributed by atoms with Crippen LogP contribution in [0.25, 0.3) is 11.0 Å². The number of aryl methyl sites for hydroxylation is 1. The number of nitrogens with one attached hydrogen (secondary N) is 2. The first kappa shape index (κ1) is 15.7. The number of para-hydroxylation sites is 2. The fourth-order valence-corrected chi connectivity index (χ4v) is 2.45. The van der Waals surface area contributed by atoms with Crippen LogP contribution >= 0.6 is 0 Å². The third-order valence-electron chi connectivity index (χ3n) is 3.59. The molecule has 0 spiro atoms. The molecular formula is C17H17N5O2. The van der Waals surface area contributed by atoms with Crippen molar-refractivity contribution in [3.63, 3.8) is 0 Å². The number of carbonyl (C=O) groups is 2. The summed E-state index contributed by atoms with van der Waals surface area (Å²) < 4.78 is 1.85. The van der Waals surface area contributed by atoms with Crippen molar-refractivity contribution in [2.24, 2.45) is 0 Å². The largest absolute Gasteiger partial charge is 0.318 e. The molecule has 0 bridgehead atoms. The molecule has 0 unspecified atom stereocenters. The fourth-order valence-electron chi connectivity index (χ4n) is 2.45. The van der Waals surface area contributed by atoms with E-state index >= 15 is 0 Å². The summed E-state index contributed by atoms with van der Waals surface area (Å²) in [7, 11) is 0. The van der Waals surface area contributed by atoms with Crippen LogP contribution in [0.2, 0.25) is 0 Å². The van der Waals surface area contributed by atoms with Crippen LogP contribution in [0, 0.1) is 0 Å². The summed E-state index contributed by atoms with van der Waals surface area (Å²) in [4.78, 5) is 32.4. The summed E-state index contributed by atoms with van der Waals surface area (Å²) in [5.74, 6) is 0.0812. The van der Waals surface area contributed by atoms with Crippen molar-refractivity contribution < 1.29 is 9.59 Å². The standard InChI is InChI=1S/C17H17N5O2/c1-2-15-19-13-7-3-4-8-14(13)22(15)11-16(23)20-21-17(24)12-6-5-9-18-10-12/h3-10H,2,11H2,1H3,(H,20,23)(H,21,24). The Kier molecular flexibility index (Phi) is 4.51. The Bertz CT molecular complexity index is 873. The second-order valence-electron chi connectivity index (χ2n) is 5.20. The molecule has 0 saturated carbocycles. The Labute approximate surface area is 138 Å². The van der Waals surface area contributed by atoms with E-state index in [1.807, 2.05) is 35.8 Å². The quantitative estimate of drug-likeness (QED) is 0.711. The smallest absolute Gasteiger partial charge is 0.271 e. The first-order valence-electron chi connectivity index (χ1n) is 7.62. The Morgan fingerprint density at radius 3 is 2.71 bits per heavy atom. The summed E-state index contributed by atoms with van der Waals surface area (Å²) >= 11 is 0. The minimum Gasteiger partial charge on any atom is -0.318 e. The zero-order valence-electron chi connectivity index (χ0n) is 13.2. The molecule has 2 heterocycles. The predicted octanol–water partition coefficient (Wildman–Crippen LogP) is 1.45. The maximum atomic E-state index is 12.2. The number of hydrogen-bond donors (Lipinski definition) is 2. The highest BCUT2D eigenvalue weighted by molar-refractivity contribution is 5.95. The van der Waals surface area contributed by atoms with Crippen molar-refractivity contribution in [1.82, 2.24) is 25.4 Å². The average Bonchev–Trinajstić information content (AvgIpc) is 2.98. The van der Waals surface area contributed by atoms with Crippen LogP contribution in [-0.2, 0) is 17.8 Å². The molecule has 3 aromatic rings. The van der Waals surface area contributed by atoms with E-state index in [9.17, 15) is 9.59 Å². The number of nitrogens with zero attached hydrogens (tertiary/aromatic N) is 3. The second kappa shape index (κ2) is 6.91. The van der Waals surface area contributed by atoms with E-state index in [2.05, 4.69) is 20.8 Å². The van der Waals surface area contributed by atoms with Gasteiger partial charge < -0.3 is 4.57 Å². The van der Waals surface area contributed by atoms with Gasteiger partial charge in [0, 0.05) is 18.8 Å². The number of imidazole rings is 1. The van der Waals surface area contributed by atoms with Gasteiger partial charge in [0.1, 0.15) is 12.4 Å². The van der Waals surface area contributed by atoms with Crippen molar-refractivity contribution in [3.05, 3.63) is 60.2 Å². The number of benzene rings is 1. The molecule has 2 aromatic heterocycles. The highest BCUT2D eigenvalue weighted by atomic mass is 16.2. The molecule has 0 radical (unpaired) electrons. The molecule has 7 nitrogen and oxygen atoms in total. The maximum absolute atomic E-state index is 12.2. The van der Waals surface area contributed by atoms with Gasteiger partial charge in [-0.2, -0.15) is 0 Å². The normalized spacial score (nSPS) is 10.5. The predicted molar refractivity (Wildman–Crippen MR) is 89.0 cm³/mol. The lowest BCUT2D eigenvalue weighted by Gasteiger charge is -2.10. The number of pyridine rings is 1. The number of rotatable bonds is 4. The van der Waals surface area contributed by atoms with E-state index in [1.54, 1.807) is 18.3 Å². The van der Waals surface area contributed by atoms with Gasteiger partial charge in [-0.3, -0.25) is 25.4 Å². The summed E-state index contributed by atoms with van der Waals surface area (Å²) in [6, 6.07) is 10.9. The van der Waals surface area contributed by atoms with Gasteiger partial charge in [0.25, 0.3) is 11.8 Å². The van der Waals surface area contributed by atoms with Crippen LogP contribution < -0.4 is 10.9 Å². The van der Waals surface area contributed by atoms with E-state index in [-0.39, 0.29) is 12.5 Å². The SMILES string of the molecule is CCc1nc2ccccc2n1CC(=O)NNC(=O)c1cccnc1. The van der Waals surface area contributed by atoms with Crippen LogP contribution in [0.1, 0.15) is 23.1 Å². The van der Waals surface area contributed by atoms with Gasteiger partial charge in [-0.15, -0.1) is 0 Å². The number of hydrazine groups is 1. The summed E-state index contributed by atoms with van der Waals surface area (Å²) in [6.07, 6.45) is 3.72. The molecule has 122 valence electrons. The molecule has 0 atom stereocenters. The summed E-state index contributed by atoms with van der Waals surface area (Å²) in [6.45, 7) is 2.07.